The van der Waals surface area contributed by atoms with E-state index < -0.39 is 5.91 Å². The van der Waals surface area contributed by atoms with Crippen molar-refractivity contribution in [1.29, 1.82) is 0 Å². The molecule has 0 saturated carbocycles. The second-order valence-corrected chi connectivity index (χ2v) is 2.97. The van der Waals surface area contributed by atoms with Crippen molar-refractivity contribution in [1.82, 2.24) is 4.98 Å². The highest BCUT2D eigenvalue weighted by Gasteiger charge is 2.14. The summed E-state index contributed by atoms with van der Waals surface area (Å²) in [5.41, 5.74) is 5.49. The predicted molar refractivity (Wildman–Crippen MR) is 44.4 cm³/mol. The van der Waals surface area contributed by atoms with Gasteiger partial charge in [-0.1, -0.05) is 5.16 Å². The Labute approximate surface area is 72.5 Å². The molecule has 0 atom stereocenters. The van der Waals surface area contributed by atoms with Crippen LogP contribution in [0.3, 0.4) is 0 Å². The lowest BCUT2D eigenvalue weighted by Crippen LogP contribution is -2.24. The molecule has 1 rings (SSSR count). The van der Waals surface area contributed by atoms with Crippen LogP contribution in [0.25, 0.3) is 0 Å². The van der Waals surface area contributed by atoms with Crippen LogP contribution in [0.15, 0.2) is 10.5 Å². The zero-order valence-electron chi connectivity index (χ0n) is 6.31. The molecule has 1 heterocycles. The van der Waals surface area contributed by atoms with Gasteiger partial charge in [0.25, 0.3) is 5.91 Å². The molecule has 0 saturated heterocycles. The minimum atomic E-state index is -0.785. The summed E-state index contributed by atoms with van der Waals surface area (Å²) in [7, 11) is 0. The molecule has 12 heavy (non-hydrogen) atoms. The number of oxime groups is 1. The standard InChI is InChI=1S/C6H7N3O2S/c1-3-2-12-6(8-3)4(9-11)5(7)10/h2,11H,1H3,(H2,7,10)/b9-4+. The number of aryl methyl sites for hydroxylation is 1. The zero-order valence-corrected chi connectivity index (χ0v) is 7.13. The van der Waals surface area contributed by atoms with Crippen LogP contribution in [-0.4, -0.2) is 21.8 Å². The number of amides is 1. The lowest BCUT2D eigenvalue weighted by atomic mass is 10.4. The first-order valence-electron chi connectivity index (χ1n) is 3.09. The number of hydrogen-bond acceptors (Lipinski definition) is 5. The number of carbonyl (C=O) groups is 1. The van der Waals surface area contributed by atoms with Crippen molar-refractivity contribution in [3.8, 4) is 0 Å². The number of aromatic nitrogens is 1. The molecule has 0 aliphatic carbocycles. The van der Waals surface area contributed by atoms with E-state index in [-0.39, 0.29) is 5.71 Å². The summed E-state index contributed by atoms with van der Waals surface area (Å²) in [5, 5.41) is 13.2. The van der Waals surface area contributed by atoms with E-state index in [9.17, 15) is 4.79 Å². The molecule has 1 aromatic rings. The Bertz CT molecular complexity index is 331. The van der Waals surface area contributed by atoms with Gasteiger partial charge < -0.3 is 10.9 Å². The number of primary amides is 1. The van der Waals surface area contributed by atoms with E-state index in [0.717, 1.165) is 5.69 Å². The molecule has 0 radical (unpaired) electrons. The summed E-state index contributed by atoms with van der Waals surface area (Å²) >= 11 is 1.21. The van der Waals surface area contributed by atoms with Crippen molar-refractivity contribution in [3.05, 3.63) is 16.1 Å². The molecule has 0 spiro atoms. The fraction of sp³-hybridized carbons (Fsp3) is 0.167. The number of nitrogens with two attached hydrogens (primary N) is 1. The predicted octanol–water partition coefficient (Wildman–Crippen LogP) is 0.115. The molecule has 1 aromatic heterocycles. The number of rotatable bonds is 2. The SMILES string of the molecule is Cc1csc(/C(=N/O)C(N)=O)n1. The number of nitrogens with zero attached hydrogens (tertiary/aromatic N) is 2. The molecule has 0 aliphatic heterocycles. The van der Waals surface area contributed by atoms with Gasteiger partial charge >= 0.3 is 0 Å². The Morgan fingerprint density at radius 2 is 2.50 bits per heavy atom. The monoisotopic (exact) mass is 185 g/mol. The minimum Gasteiger partial charge on any atom is -0.410 e. The Kier molecular flexibility index (Phi) is 2.39. The van der Waals surface area contributed by atoms with Crippen molar-refractivity contribution >= 4 is 23.0 Å². The molecule has 5 nitrogen and oxygen atoms in total. The van der Waals surface area contributed by atoms with Crippen molar-refractivity contribution in [2.75, 3.05) is 0 Å². The fourth-order valence-electron chi connectivity index (χ4n) is 0.660. The topological polar surface area (TPSA) is 88.6 Å². The van der Waals surface area contributed by atoms with Gasteiger partial charge in [-0.15, -0.1) is 11.3 Å². The molecular weight excluding hydrogens is 178 g/mol. The van der Waals surface area contributed by atoms with E-state index in [2.05, 4.69) is 10.1 Å². The molecule has 0 aliphatic rings. The van der Waals surface area contributed by atoms with Crippen molar-refractivity contribution in [3.63, 3.8) is 0 Å². The van der Waals surface area contributed by atoms with E-state index in [1.165, 1.54) is 11.3 Å². The van der Waals surface area contributed by atoms with E-state index in [1.807, 2.05) is 0 Å². The van der Waals surface area contributed by atoms with Crippen LogP contribution in [0, 0.1) is 6.92 Å². The Balaban J connectivity index is 3.04. The largest absolute Gasteiger partial charge is 0.410 e. The molecule has 0 unspecified atom stereocenters. The van der Waals surface area contributed by atoms with Gasteiger partial charge in [0, 0.05) is 11.1 Å². The highest BCUT2D eigenvalue weighted by atomic mass is 32.1. The van der Waals surface area contributed by atoms with Crippen LogP contribution in [0.4, 0.5) is 0 Å². The Hall–Kier alpha value is -1.43. The third kappa shape index (κ3) is 1.59. The quantitative estimate of drug-likeness (QED) is 0.389. The van der Waals surface area contributed by atoms with Crippen LogP contribution >= 0.6 is 11.3 Å². The normalized spacial score (nSPS) is 11.6. The molecule has 0 bridgehead atoms. The zero-order chi connectivity index (χ0) is 9.14. The molecule has 3 N–H and O–H groups in total. The molecule has 64 valence electrons. The molecule has 0 fully saturated rings. The number of hydrogen-bond donors (Lipinski definition) is 2. The van der Waals surface area contributed by atoms with Gasteiger partial charge in [-0.05, 0) is 6.92 Å². The molecule has 0 aromatic carbocycles. The second-order valence-electron chi connectivity index (χ2n) is 2.11. The summed E-state index contributed by atoms with van der Waals surface area (Å²) in [6.07, 6.45) is 0. The first-order chi connectivity index (χ1) is 5.65. The highest BCUT2D eigenvalue weighted by molar-refractivity contribution is 7.12. The maximum atomic E-state index is 10.6. The van der Waals surface area contributed by atoms with Gasteiger partial charge in [-0.25, -0.2) is 4.98 Å². The third-order valence-electron chi connectivity index (χ3n) is 1.15. The van der Waals surface area contributed by atoms with Gasteiger partial charge in [0.2, 0.25) is 5.71 Å². The second kappa shape index (κ2) is 3.31. The van der Waals surface area contributed by atoms with Gasteiger partial charge in [0.05, 0.1) is 0 Å². The van der Waals surface area contributed by atoms with E-state index >= 15 is 0 Å². The Morgan fingerprint density at radius 1 is 1.83 bits per heavy atom. The van der Waals surface area contributed by atoms with E-state index in [1.54, 1.807) is 12.3 Å². The average molecular weight is 185 g/mol. The maximum Gasteiger partial charge on any atom is 0.273 e. The lowest BCUT2D eigenvalue weighted by molar-refractivity contribution is -0.112. The van der Waals surface area contributed by atoms with E-state index in [4.69, 9.17) is 10.9 Å². The van der Waals surface area contributed by atoms with Crippen LogP contribution in [0.2, 0.25) is 0 Å². The first kappa shape index (κ1) is 8.66. The smallest absolute Gasteiger partial charge is 0.273 e. The fourth-order valence-corrected chi connectivity index (χ4v) is 1.44. The van der Waals surface area contributed by atoms with E-state index in [0.29, 0.717) is 5.01 Å². The summed E-state index contributed by atoms with van der Waals surface area (Å²) < 4.78 is 0. The van der Waals surface area contributed by atoms with Gasteiger partial charge in [0.1, 0.15) is 0 Å². The summed E-state index contributed by atoms with van der Waals surface area (Å²) in [4.78, 5) is 14.6. The van der Waals surface area contributed by atoms with Gasteiger partial charge in [-0.2, -0.15) is 0 Å². The van der Waals surface area contributed by atoms with Gasteiger partial charge in [0.15, 0.2) is 5.01 Å². The summed E-state index contributed by atoms with van der Waals surface area (Å²) in [6, 6.07) is 0. The molecular formula is C6H7N3O2S. The average Bonchev–Trinajstić information content (AvgIpc) is 2.37. The van der Waals surface area contributed by atoms with Gasteiger partial charge in [-0.3, -0.25) is 4.79 Å². The van der Waals surface area contributed by atoms with Crippen molar-refractivity contribution < 1.29 is 10.0 Å². The van der Waals surface area contributed by atoms with Crippen LogP contribution < -0.4 is 5.73 Å². The summed E-state index contributed by atoms with van der Waals surface area (Å²) in [6.45, 7) is 1.77. The third-order valence-corrected chi connectivity index (χ3v) is 2.12. The van der Waals surface area contributed by atoms with Crippen LogP contribution in [0.5, 0.6) is 0 Å². The highest BCUT2D eigenvalue weighted by Crippen LogP contribution is 2.09. The molecule has 1 amide bonds. The first-order valence-corrected chi connectivity index (χ1v) is 3.97. The number of thiazole rings is 1. The lowest BCUT2D eigenvalue weighted by Gasteiger charge is -1.91. The summed E-state index contributed by atoms with van der Waals surface area (Å²) in [5.74, 6) is -0.785. The number of carbonyl (C=O) groups excluding carboxylic acids is 1. The van der Waals surface area contributed by atoms with Crippen molar-refractivity contribution in [2.45, 2.75) is 6.92 Å². The Morgan fingerprint density at radius 3 is 2.83 bits per heavy atom. The van der Waals surface area contributed by atoms with Crippen LogP contribution in [-0.2, 0) is 4.79 Å². The minimum absolute atomic E-state index is 0.201. The van der Waals surface area contributed by atoms with Crippen LogP contribution in [0.1, 0.15) is 10.7 Å². The maximum absolute atomic E-state index is 10.6. The molecule has 6 heteroatoms. The van der Waals surface area contributed by atoms with Crippen molar-refractivity contribution in [2.24, 2.45) is 10.9 Å².